The molecule has 0 aliphatic heterocycles. The summed E-state index contributed by atoms with van der Waals surface area (Å²) in [7, 11) is -4.14. The predicted molar refractivity (Wildman–Crippen MR) is 140 cm³/mol. The number of ether oxygens (including phenoxy) is 1. The predicted octanol–water partition coefficient (Wildman–Crippen LogP) is 6.55. The van der Waals surface area contributed by atoms with Crippen LogP contribution in [0.15, 0.2) is 70.0 Å². The number of aryl methyl sites for hydroxylation is 3. The summed E-state index contributed by atoms with van der Waals surface area (Å²) >= 11 is 3.54. The van der Waals surface area contributed by atoms with Gasteiger partial charge < -0.3 is 4.74 Å². The number of hydrogen-bond acceptors (Lipinski definition) is 4. The van der Waals surface area contributed by atoms with E-state index in [1.807, 2.05) is 58.9 Å². The number of rotatable bonds is 8. The van der Waals surface area contributed by atoms with Crippen LogP contribution >= 0.6 is 15.9 Å². The molecule has 34 heavy (non-hydrogen) atoms. The molecule has 3 aromatic rings. The van der Waals surface area contributed by atoms with Crippen molar-refractivity contribution in [2.24, 2.45) is 0 Å². The van der Waals surface area contributed by atoms with Gasteiger partial charge in [0.25, 0.3) is 15.9 Å². The van der Waals surface area contributed by atoms with E-state index < -0.39 is 22.5 Å². The minimum atomic E-state index is -4.14. The third-order valence-electron chi connectivity index (χ3n) is 5.63. The van der Waals surface area contributed by atoms with Crippen LogP contribution in [0.5, 0.6) is 5.75 Å². The Morgan fingerprint density at radius 2 is 1.62 bits per heavy atom. The van der Waals surface area contributed by atoms with Gasteiger partial charge in [-0.3, -0.25) is 4.79 Å². The van der Waals surface area contributed by atoms with E-state index in [4.69, 9.17) is 4.74 Å². The van der Waals surface area contributed by atoms with Crippen molar-refractivity contribution in [1.82, 2.24) is 0 Å². The summed E-state index contributed by atoms with van der Waals surface area (Å²) in [6.45, 7) is 9.49. The third kappa shape index (κ3) is 5.70. The number of halogens is 1. The van der Waals surface area contributed by atoms with Crippen LogP contribution in [0.1, 0.15) is 48.9 Å². The number of anilines is 1. The second-order valence-corrected chi connectivity index (χ2v) is 11.2. The highest BCUT2D eigenvalue weighted by molar-refractivity contribution is 9.10. The topological polar surface area (TPSA) is 63.7 Å². The molecule has 0 bridgehead atoms. The van der Waals surface area contributed by atoms with Gasteiger partial charge in [0.2, 0.25) is 0 Å². The lowest BCUT2D eigenvalue weighted by Gasteiger charge is -2.24. The van der Waals surface area contributed by atoms with Gasteiger partial charge in [0.05, 0.1) is 10.6 Å². The van der Waals surface area contributed by atoms with Gasteiger partial charge in [-0.15, -0.1) is 0 Å². The zero-order valence-corrected chi connectivity index (χ0v) is 22.5. The first-order chi connectivity index (χ1) is 16.0. The average Bonchev–Trinajstić information content (AvgIpc) is 2.80. The molecule has 1 amide bonds. The molecule has 5 nitrogen and oxygen atoms in total. The first-order valence-electron chi connectivity index (χ1n) is 11.2. The van der Waals surface area contributed by atoms with E-state index >= 15 is 0 Å². The molecule has 0 aromatic heterocycles. The number of sulfonamides is 1. The molecule has 7 heteroatoms. The second-order valence-electron chi connectivity index (χ2n) is 8.58. The maximum absolute atomic E-state index is 13.6. The Hall–Kier alpha value is -2.64. The smallest absolute Gasteiger partial charge is 0.278 e. The van der Waals surface area contributed by atoms with E-state index in [1.165, 1.54) is 12.1 Å². The number of carbonyl (C=O) groups excluding carboxylic acids is 1. The number of hydrogen-bond donors (Lipinski definition) is 0. The van der Waals surface area contributed by atoms with E-state index in [9.17, 15) is 13.2 Å². The molecule has 180 valence electrons. The highest BCUT2D eigenvalue weighted by atomic mass is 79.9. The van der Waals surface area contributed by atoms with Gasteiger partial charge in [0, 0.05) is 4.47 Å². The lowest BCUT2D eigenvalue weighted by molar-refractivity contribution is -0.119. The Kier molecular flexibility index (Phi) is 8.21. The van der Waals surface area contributed by atoms with E-state index in [2.05, 4.69) is 15.9 Å². The molecular weight excluding hydrogens is 514 g/mol. The molecule has 0 saturated carbocycles. The number of amides is 1. The van der Waals surface area contributed by atoms with Crippen molar-refractivity contribution in [3.63, 3.8) is 0 Å². The maximum Gasteiger partial charge on any atom is 0.278 e. The first kappa shape index (κ1) is 26.0. The summed E-state index contributed by atoms with van der Waals surface area (Å²) in [4.78, 5) is 13.5. The van der Waals surface area contributed by atoms with Crippen LogP contribution in [0.2, 0.25) is 0 Å². The number of benzene rings is 3. The van der Waals surface area contributed by atoms with Gasteiger partial charge in [-0.2, -0.15) is 4.31 Å². The largest absolute Gasteiger partial charge is 0.483 e. The molecule has 0 unspecified atom stereocenters. The normalized spacial score (nSPS) is 11.5. The summed E-state index contributed by atoms with van der Waals surface area (Å²) in [5.41, 5.74) is 4.16. The standard InChI is InChI=1S/C27H30BrNO4S/c1-6-21-9-11-22(12-10-21)29(34(31,32)23-13-7-19(4)8-14-23)27(30)17-33-26-15-20(5)25(28)16-24(26)18(2)3/h7-16,18H,6,17H2,1-5H3. The number of nitrogens with zero attached hydrogens (tertiary/aromatic N) is 1. The van der Waals surface area contributed by atoms with Crippen LogP contribution in [0.3, 0.4) is 0 Å². The zero-order chi connectivity index (χ0) is 25.0. The summed E-state index contributed by atoms with van der Waals surface area (Å²) < 4.78 is 34.9. The van der Waals surface area contributed by atoms with Gasteiger partial charge in [-0.1, -0.05) is 66.5 Å². The third-order valence-corrected chi connectivity index (χ3v) is 8.25. The van der Waals surface area contributed by atoms with Crippen LogP contribution in [-0.4, -0.2) is 20.9 Å². The summed E-state index contributed by atoms with van der Waals surface area (Å²) in [5, 5.41) is 0. The molecule has 3 rings (SSSR count). The van der Waals surface area contributed by atoms with E-state index in [0.29, 0.717) is 5.75 Å². The van der Waals surface area contributed by atoms with Gasteiger partial charge in [-0.25, -0.2) is 8.42 Å². The molecule has 0 fully saturated rings. The maximum atomic E-state index is 13.6. The van der Waals surface area contributed by atoms with Crippen LogP contribution in [0.4, 0.5) is 5.69 Å². The van der Waals surface area contributed by atoms with Crippen LogP contribution in [0.25, 0.3) is 0 Å². The summed E-state index contributed by atoms with van der Waals surface area (Å²) in [6.07, 6.45) is 0.808. The molecule has 0 aliphatic carbocycles. The van der Waals surface area contributed by atoms with Crippen molar-refractivity contribution >= 4 is 37.5 Å². The van der Waals surface area contributed by atoms with Gasteiger partial charge >= 0.3 is 0 Å². The highest BCUT2D eigenvalue weighted by Gasteiger charge is 2.31. The second kappa shape index (κ2) is 10.7. The van der Waals surface area contributed by atoms with Crippen molar-refractivity contribution < 1.29 is 17.9 Å². The van der Waals surface area contributed by atoms with E-state index in [0.717, 1.165) is 37.5 Å². The molecule has 0 aliphatic rings. The molecule has 0 heterocycles. The molecular formula is C27H30BrNO4S. The minimum Gasteiger partial charge on any atom is -0.483 e. The Morgan fingerprint density at radius 1 is 1.00 bits per heavy atom. The quantitative estimate of drug-likeness (QED) is 0.323. The average molecular weight is 545 g/mol. The molecule has 0 spiro atoms. The Labute approximate surface area is 210 Å². The Balaban J connectivity index is 1.99. The monoisotopic (exact) mass is 543 g/mol. The molecule has 0 N–H and O–H groups in total. The molecule has 0 radical (unpaired) electrons. The number of carbonyl (C=O) groups is 1. The highest BCUT2D eigenvalue weighted by Crippen LogP contribution is 2.33. The first-order valence-corrected chi connectivity index (χ1v) is 13.4. The van der Waals surface area contributed by atoms with Crippen LogP contribution in [0, 0.1) is 13.8 Å². The fraction of sp³-hybridized carbons (Fsp3) is 0.296. The van der Waals surface area contributed by atoms with Crippen molar-refractivity contribution in [3.05, 3.63) is 87.4 Å². The fourth-order valence-electron chi connectivity index (χ4n) is 3.54. The Bertz CT molecular complexity index is 1270. The molecule has 3 aromatic carbocycles. The van der Waals surface area contributed by atoms with Crippen molar-refractivity contribution in [2.75, 3.05) is 10.9 Å². The van der Waals surface area contributed by atoms with Crippen LogP contribution < -0.4 is 9.04 Å². The summed E-state index contributed by atoms with van der Waals surface area (Å²) in [5.74, 6) is 0.0640. The summed E-state index contributed by atoms with van der Waals surface area (Å²) in [6, 6.07) is 17.3. The van der Waals surface area contributed by atoms with E-state index in [-0.39, 0.29) is 16.5 Å². The molecule has 0 atom stereocenters. The van der Waals surface area contributed by atoms with Gasteiger partial charge in [0.15, 0.2) is 6.61 Å². The van der Waals surface area contributed by atoms with Gasteiger partial charge in [-0.05, 0) is 79.3 Å². The van der Waals surface area contributed by atoms with Crippen LogP contribution in [-0.2, 0) is 21.2 Å². The zero-order valence-electron chi connectivity index (χ0n) is 20.1. The van der Waals surface area contributed by atoms with Crippen molar-refractivity contribution in [1.29, 1.82) is 0 Å². The minimum absolute atomic E-state index is 0.0494. The van der Waals surface area contributed by atoms with Crippen molar-refractivity contribution in [2.45, 2.75) is 51.9 Å². The Morgan fingerprint density at radius 3 is 2.18 bits per heavy atom. The van der Waals surface area contributed by atoms with Gasteiger partial charge in [0.1, 0.15) is 5.75 Å². The lowest BCUT2D eigenvalue weighted by Crippen LogP contribution is -2.40. The van der Waals surface area contributed by atoms with Crippen molar-refractivity contribution in [3.8, 4) is 5.75 Å². The fourth-order valence-corrected chi connectivity index (χ4v) is 5.32. The molecule has 0 saturated heterocycles. The SMILES string of the molecule is CCc1ccc(N(C(=O)COc2cc(C)c(Br)cc2C(C)C)S(=O)(=O)c2ccc(C)cc2)cc1. The van der Waals surface area contributed by atoms with E-state index in [1.54, 1.807) is 24.3 Å². The lowest BCUT2D eigenvalue weighted by atomic mass is 10.0.